The highest BCUT2D eigenvalue weighted by atomic mass is 16.7. The molecule has 0 aromatic rings. The van der Waals surface area contributed by atoms with Gasteiger partial charge in [-0.1, -0.05) is 0 Å². The smallest absolute Gasteiger partial charge is 0.245 e. The molecule has 1 unspecified atom stereocenters. The van der Waals surface area contributed by atoms with Crippen LogP contribution in [-0.4, -0.2) is 127 Å². The Morgan fingerprint density at radius 1 is 1.00 bits per heavy atom. The van der Waals surface area contributed by atoms with Gasteiger partial charge in [-0.2, -0.15) is 0 Å². The summed E-state index contributed by atoms with van der Waals surface area (Å²) in [6.45, 7) is -0.390. The monoisotopic (exact) mass is 481 g/mol. The van der Waals surface area contributed by atoms with E-state index in [1.807, 2.05) is 0 Å². The van der Waals surface area contributed by atoms with Gasteiger partial charge < -0.3 is 59.3 Å². The minimum Gasteiger partial charge on any atom is -0.394 e. The van der Waals surface area contributed by atoms with E-state index in [2.05, 4.69) is 5.32 Å². The third-order valence-electron chi connectivity index (χ3n) is 5.91. The van der Waals surface area contributed by atoms with Crippen molar-refractivity contribution in [3.63, 3.8) is 0 Å². The van der Waals surface area contributed by atoms with E-state index in [1.165, 1.54) is 7.05 Å². The molecule has 3 heterocycles. The van der Waals surface area contributed by atoms with E-state index in [-0.39, 0.29) is 25.5 Å². The van der Waals surface area contributed by atoms with Gasteiger partial charge in [0, 0.05) is 20.1 Å². The Bertz CT molecular complexity index is 606. The van der Waals surface area contributed by atoms with Crippen LogP contribution in [0, 0.1) is 0 Å². The lowest BCUT2D eigenvalue weighted by Gasteiger charge is -2.45. The minimum atomic E-state index is -1.63. The first kappa shape index (κ1) is 26.6. The lowest BCUT2D eigenvalue weighted by Crippen LogP contribution is -2.62. The van der Waals surface area contributed by atoms with Crippen LogP contribution in [0.25, 0.3) is 0 Å². The highest BCUT2D eigenvalue weighted by Crippen LogP contribution is 2.29. The molecule has 3 aliphatic heterocycles. The second kappa shape index (κ2) is 12.7. The molecule has 3 saturated heterocycles. The standard InChI is InChI=1S/C20H35NO12/c1-21-13(24)9-30-15-6-10(23)19(11(7-22)31-15)33-20-18(27)17(26)16(25)12(32-20)8-29-14-4-2-3-5-28-14/h10-12,14-20,22-23,25-27H,2-9H2,1H3,(H,21,24)/t10-,11-,12-,14?,15-,16+,17+,18-,19+,20+/m1/s1. The second-order valence-corrected chi connectivity index (χ2v) is 8.32. The normalized spacial score (nSPS) is 42.1. The van der Waals surface area contributed by atoms with Gasteiger partial charge >= 0.3 is 0 Å². The number of carbonyl (C=O) groups excluding carboxylic acids is 1. The minimum absolute atomic E-state index is 0.0717. The molecule has 3 rings (SSSR count). The molecule has 0 spiro atoms. The summed E-state index contributed by atoms with van der Waals surface area (Å²) in [5.74, 6) is -0.384. The second-order valence-electron chi connectivity index (χ2n) is 8.32. The molecule has 33 heavy (non-hydrogen) atoms. The first-order valence-corrected chi connectivity index (χ1v) is 11.2. The van der Waals surface area contributed by atoms with Gasteiger partial charge in [0.05, 0.1) is 19.3 Å². The van der Waals surface area contributed by atoms with Crippen molar-refractivity contribution in [2.45, 2.75) is 87.3 Å². The van der Waals surface area contributed by atoms with Crippen molar-refractivity contribution in [2.24, 2.45) is 0 Å². The highest BCUT2D eigenvalue weighted by molar-refractivity contribution is 5.76. The molecule has 0 aromatic heterocycles. The maximum Gasteiger partial charge on any atom is 0.245 e. The Balaban J connectivity index is 1.58. The molecule has 13 nitrogen and oxygen atoms in total. The SMILES string of the molecule is CNC(=O)CO[C@H]1C[C@@H](O)[C@H](O[C@@H]2O[C@H](COC3CCCCO3)[C@H](O)[C@H](O)[C@H]2O)[C@@H](CO)O1. The van der Waals surface area contributed by atoms with Gasteiger partial charge in [-0.15, -0.1) is 0 Å². The van der Waals surface area contributed by atoms with Gasteiger partial charge in [-0.3, -0.25) is 4.79 Å². The number of nitrogens with one attached hydrogen (secondary N) is 1. The average molecular weight is 481 g/mol. The van der Waals surface area contributed by atoms with E-state index in [9.17, 15) is 30.3 Å². The molecule has 6 N–H and O–H groups in total. The summed E-state index contributed by atoms with van der Waals surface area (Å²) in [6, 6.07) is 0. The van der Waals surface area contributed by atoms with Crippen molar-refractivity contribution in [1.29, 1.82) is 0 Å². The van der Waals surface area contributed by atoms with E-state index >= 15 is 0 Å². The summed E-state index contributed by atoms with van der Waals surface area (Å²) in [7, 11) is 1.45. The van der Waals surface area contributed by atoms with Crippen LogP contribution in [-0.2, 0) is 33.2 Å². The van der Waals surface area contributed by atoms with Crippen LogP contribution in [0.5, 0.6) is 0 Å². The molecular weight excluding hydrogens is 446 g/mol. The molecule has 3 fully saturated rings. The number of hydrogen-bond donors (Lipinski definition) is 6. The Morgan fingerprint density at radius 2 is 1.79 bits per heavy atom. The van der Waals surface area contributed by atoms with Crippen molar-refractivity contribution in [1.82, 2.24) is 5.32 Å². The lowest BCUT2D eigenvalue weighted by molar-refractivity contribution is -0.347. The Labute approximate surface area is 191 Å². The number of rotatable bonds is 9. The summed E-state index contributed by atoms with van der Waals surface area (Å²) in [6.07, 6.45) is -9.43. The summed E-state index contributed by atoms with van der Waals surface area (Å²) in [5, 5.41) is 53.6. The van der Waals surface area contributed by atoms with E-state index < -0.39 is 68.2 Å². The molecule has 1 amide bonds. The Hall–Kier alpha value is -0.970. The van der Waals surface area contributed by atoms with Gasteiger partial charge in [-0.05, 0) is 19.3 Å². The number of aliphatic hydroxyl groups is 5. The number of likely N-dealkylation sites (N-methyl/N-ethyl adjacent to an activating group) is 1. The first-order valence-electron chi connectivity index (χ1n) is 11.2. The highest BCUT2D eigenvalue weighted by Gasteiger charge is 2.48. The van der Waals surface area contributed by atoms with Crippen molar-refractivity contribution in [3.05, 3.63) is 0 Å². The zero-order chi connectivity index (χ0) is 24.0. The van der Waals surface area contributed by atoms with E-state index in [4.69, 9.17) is 28.4 Å². The quantitative estimate of drug-likeness (QED) is 0.196. The maximum atomic E-state index is 11.4. The number of amides is 1. The fraction of sp³-hybridized carbons (Fsp3) is 0.950. The lowest BCUT2D eigenvalue weighted by atomic mass is 9.98. The molecule has 192 valence electrons. The number of aliphatic hydroxyl groups excluding tert-OH is 5. The summed E-state index contributed by atoms with van der Waals surface area (Å²) in [5.41, 5.74) is 0. The Kier molecular flexibility index (Phi) is 10.2. The molecule has 0 aliphatic carbocycles. The largest absolute Gasteiger partial charge is 0.394 e. The van der Waals surface area contributed by atoms with Crippen molar-refractivity contribution < 1.29 is 58.7 Å². The van der Waals surface area contributed by atoms with Crippen molar-refractivity contribution in [2.75, 3.05) is 33.5 Å². The van der Waals surface area contributed by atoms with E-state index in [0.29, 0.717) is 13.0 Å². The maximum absolute atomic E-state index is 11.4. The predicted molar refractivity (Wildman–Crippen MR) is 107 cm³/mol. The molecule has 0 saturated carbocycles. The van der Waals surface area contributed by atoms with Crippen LogP contribution in [0.15, 0.2) is 0 Å². The summed E-state index contributed by atoms with van der Waals surface area (Å²) in [4.78, 5) is 11.4. The van der Waals surface area contributed by atoms with Crippen LogP contribution in [0.1, 0.15) is 25.7 Å². The van der Waals surface area contributed by atoms with Crippen LogP contribution in [0.4, 0.5) is 0 Å². The third kappa shape index (κ3) is 7.02. The summed E-state index contributed by atoms with van der Waals surface area (Å²) >= 11 is 0. The van der Waals surface area contributed by atoms with Crippen LogP contribution in [0.3, 0.4) is 0 Å². The third-order valence-corrected chi connectivity index (χ3v) is 5.91. The Morgan fingerprint density at radius 3 is 2.45 bits per heavy atom. The molecule has 13 heteroatoms. The topological polar surface area (TPSA) is 186 Å². The molecule has 0 radical (unpaired) electrons. The molecule has 10 atom stereocenters. The fourth-order valence-corrected chi connectivity index (χ4v) is 3.95. The molecule has 0 aromatic carbocycles. The number of carbonyl (C=O) groups is 1. The molecule has 3 aliphatic rings. The van der Waals surface area contributed by atoms with Gasteiger partial charge in [0.15, 0.2) is 18.9 Å². The fourth-order valence-electron chi connectivity index (χ4n) is 3.95. The van der Waals surface area contributed by atoms with Gasteiger partial charge in [-0.25, -0.2) is 0 Å². The summed E-state index contributed by atoms with van der Waals surface area (Å²) < 4.78 is 33.3. The molecular formula is C20H35NO12. The molecule has 0 bridgehead atoms. The van der Waals surface area contributed by atoms with Crippen LogP contribution in [0.2, 0.25) is 0 Å². The number of hydrogen-bond acceptors (Lipinski definition) is 12. The predicted octanol–water partition coefficient (Wildman–Crippen LogP) is -3.05. The zero-order valence-corrected chi connectivity index (χ0v) is 18.5. The number of ether oxygens (including phenoxy) is 6. The van der Waals surface area contributed by atoms with Crippen molar-refractivity contribution in [3.8, 4) is 0 Å². The first-order chi connectivity index (χ1) is 15.8. The van der Waals surface area contributed by atoms with Crippen LogP contribution >= 0.6 is 0 Å². The van der Waals surface area contributed by atoms with Crippen LogP contribution < -0.4 is 5.32 Å². The van der Waals surface area contributed by atoms with E-state index in [1.54, 1.807) is 0 Å². The van der Waals surface area contributed by atoms with Crippen molar-refractivity contribution >= 4 is 5.91 Å². The van der Waals surface area contributed by atoms with Gasteiger partial charge in [0.1, 0.15) is 43.2 Å². The van der Waals surface area contributed by atoms with E-state index in [0.717, 1.165) is 12.8 Å². The van der Waals surface area contributed by atoms with Gasteiger partial charge in [0.2, 0.25) is 5.91 Å². The van der Waals surface area contributed by atoms with Gasteiger partial charge in [0.25, 0.3) is 0 Å². The average Bonchev–Trinajstić information content (AvgIpc) is 2.83. The zero-order valence-electron chi connectivity index (χ0n) is 18.5.